The molecule has 178 valence electrons. The normalized spacial score (nSPS) is 15.1. The lowest BCUT2D eigenvalue weighted by molar-refractivity contribution is 0.0925. The molecule has 0 saturated carbocycles. The van der Waals surface area contributed by atoms with Gasteiger partial charge >= 0.3 is 0 Å². The predicted octanol–water partition coefficient (Wildman–Crippen LogP) is 6.38. The van der Waals surface area contributed by atoms with Crippen molar-refractivity contribution in [2.75, 3.05) is 6.61 Å². The summed E-state index contributed by atoms with van der Waals surface area (Å²) in [4.78, 5) is 17.7. The second kappa shape index (κ2) is 9.87. The van der Waals surface area contributed by atoms with Crippen molar-refractivity contribution in [2.24, 2.45) is 0 Å². The number of hydrogen-bond acceptors (Lipinski definition) is 5. The van der Waals surface area contributed by atoms with Crippen LogP contribution in [0.25, 0.3) is 17.3 Å². The molecule has 1 unspecified atom stereocenters. The maximum Gasteiger partial charge on any atom is 0.272 e. The highest BCUT2D eigenvalue weighted by Gasteiger charge is 2.30. The molecule has 3 aromatic heterocycles. The Balaban J connectivity index is 1.61. The molecule has 0 saturated heterocycles. The van der Waals surface area contributed by atoms with E-state index >= 15 is 0 Å². The molecule has 1 aliphatic heterocycles. The molecule has 4 heterocycles. The summed E-state index contributed by atoms with van der Waals surface area (Å²) in [6, 6.07) is 13.7. The van der Waals surface area contributed by atoms with Crippen LogP contribution in [0.3, 0.4) is 0 Å². The molecule has 4 aromatic rings. The van der Waals surface area contributed by atoms with Crippen LogP contribution >= 0.6 is 34.8 Å². The zero-order valence-electron chi connectivity index (χ0n) is 18.5. The van der Waals surface area contributed by atoms with E-state index in [0.717, 1.165) is 11.3 Å². The van der Waals surface area contributed by atoms with E-state index in [-0.39, 0.29) is 36.1 Å². The smallest absolute Gasteiger partial charge is 0.272 e. The standard InChI is InChI=1S/C25H19Cl3N4O3/c1-14(20-4-2-3-9-29-20)30-25(33)23-18-13-34-12-15(10-17-6-8-22(28)35-17)24(18)32(31-23)21-7-5-16(26)11-19(21)27/h2-11,14H,12-13H2,1H3,(H,30,33)/b15-10+. The minimum absolute atomic E-state index is 0.206. The molecule has 0 spiro atoms. The number of carbonyl (C=O) groups excluding carboxylic acids is 1. The minimum atomic E-state index is -0.353. The number of fused-ring (bicyclic) bond motifs is 1. The molecule has 0 fully saturated rings. The lowest BCUT2D eigenvalue weighted by Gasteiger charge is -2.19. The Bertz CT molecular complexity index is 1430. The first-order valence-corrected chi connectivity index (χ1v) is 11.9. The fraction of sp³-hybridized carbons (Fsp3) is 0.160. The summed E-state index contributed by atoms with van der Waals surface area (Å²) >= 11 is 18.6. The Kier molecular flexibility index (Phi) is 6.67. The summed E-state index contributed by atoms with van der Waals surface area (Å²) in [6.07, 6.45) is 3.49. The number of amides is 1. The number of carbonyl (C=O) groups is 1. The Labute approximate surface area is 216 Å². The zero-order valence-corrected chi connectivity index (χ0v) is 20.7. The number of furan rings is 1. The Morgan fingerprint density at radius 2 is 2.00 bits per heavy atom. The summed E-state index contributed by atoms with van der Waals surface area (Å²) < 4.78 is 13.0. The van der Waals surface area contributed by atoms with E-state index < -0.39 is 0 Å². The fourth-order valence-electron chi connectivity index (χ4n) is 3.92. The number of benzene rings is 1. The summed E-state index contributed by atoms with van der Waals surface area (Å²) in [6.45, 7) is 2.35. The molecule has 0 radical (unpaired) electrons. The summed E-state index contributed by atoms with van der Waals surface area (Å²) in [5.74, 6) is 0.195. The van der Waals surface area contributed by atoms with Crippen molar-refractivity contribution >= 4 is 52.4 Å². The molecular weight excluding hydrogens is 511 g/mol. The highest BCUT2D eigenvalue weighted by Crippen LogP contribution is 2.35. The van der Waals surface area contributed by atoms with Gasteiger partial charge in [0.1, 0.15) is 5.76 Å². The van der Waals surface area contributed by atoms with Crippen LogP contribution in [-0.2, 0) is 11.3 Å². The largest absolute Gasteiger partial charge is 0.445 e. The van der Waals surface area contributed by atoms with Gasteiger partial charge in [0.25, 0.3) is 5.91 Å². The molecule has 0 bridgehead atoms. The number of nitrogens with one attached hydrogen (secondary N) is 1. The van der Waals surface area contributed by atoms with E-state index in [1.165, 1.54) is 0 Å². The first kappa shape index (κ1) is 23.6. The Morgan fingerprint density at radius 3 is 2.71 bits per heavy atom. The van der Waals surface area contributed by atoms with Gasteiger partial charge in [0.15, 0.2) is 10.9 Å². The molecule has 7 nitrogen and oxygen atoms in total. The first-order chi connectivity index (χ1) is 16.9. The SMILES string of the molecule is CC(NC(=O)c1nn(-c2ccc(Cl)cc2Cl)c2c1COC/C2=C\c1ccc(Cl)o1)c1ccccn1. The first-order valence-electron chi connectivity index (χ1n) is 10.7. The Hall–Kier alpha value is -3.10. The van der Waals surface area contributed by atoms with Crippen LogP contribution in [0.5, 0.6) is 0 Å². The summed E-state index contributed by atoms with van der Waals surface area (Å²) in [5.41, 5.74) is 3.64. The second-order valence-electron chi connectivity index (χ2n) is 7.94. The van der Waals surface area contributed by atoms with Gasteiger partial charge in [0, 0.05) is 22.4 Å². The fourth-order valence-corrected chi connectivity index (χ4v) is 4.56. The summed E-state index contributed by atoms with van der Waals surface area (Å²) in [5, 5.41) is 8.81. The van der Waals surface area contributed by atoms with E-state index in [0.29, 0.717) is 32.8 Å². The molecule has 35 heavy (non-hydrogen) atoms. The lowest BCUT2D eigenvalue weighted by Crippen LogP contribution is -2.28. The van der Waals surface area contributed by atoms with Gasteiger partial charge in [-0.15, -0.1) is 0 Å². The second-order valence-corrected chi connectivity index (χ2v) is 9.15. The van der Waals surface area contributed by atoms with E-state index in [2.05, 4.69) is 15.4 Å². The number of aromatic nitrogens is 3. The maximum atomic E-state index is 13.4. The van der Waals surface area contributed by atoms with Gasteiger partial charge in [0.2, 0.25) is 0 Å². The summed E-state index contributed by atoms with van der Waals surface area (Å²) in [7, 11) is 0. The van der Waals surface area contributed by atoms with Crippen molar-refractivity contribution in [2.45, 2.75) is 19.6 Å². The molecule has 10 heteroatoms. The third kappa shape index (κ3) is 4.86. The van der Waals surface area contributed by atoms with Crippen LogP contribution in [0, 0.1) is 0 Å². The minimum Gasteiger partial charge on any atom is -0.445 e. The van der Waals surface area contributed by atoms with E-state index in [9.17, 15) is 4.79 Å². The molecule has 1 aliphatic rings. The van der Waals surface area contributed by atoms with Crippen molar-refractivity contribution in [1.29, 1.82) is 0 Å². The molecule has 0 aliphatic carbocycles. The number of rotatable bonds is 5. The lowest BCUT2D eigenvalue weighted by atomic mass is 10.0. The van der Waals surface area contributed by atoms with Gasteiger partial charge in [-0.25, -0.2) is 4.68 Å². The van der Waals surface area contributed by atoms with E-state index in [1.54, 1.807) is 41.2 Å². The molecular formula is C25H19Cl3N4O3. The van der Waals surface area contributed by atoms with Gasteiger partial charge < -0.3 is 14.5 Å². The van der Waals surface area contributed by atoms with Crippen molar-refractivity contribution < 1.29 is 13.9 Å². The van der Waals surface area contributed by atoms with Crippen LogP contribution < -0.4 is 5.32 Å². The highest BCUT2D eigenvalue weighted by atomic mass is 35.5. The number of ether oxygens (including phenoxy) is 1. The zero-order chi connectivity index (χ0) is 24.5. The number of hydrogen-bond donors (Lipinski definition) is 1. The molecule has 1 atom stereocenters. The van der Waals surface area contributed by atoms with Crippen LogP contribution in [-0.4, -0.2) is 27.3 Å². The third-order valence-electron chi connectivity index (χ3n) is 5.53. The van der Waals surface area contributed by atoms with Gasteiger partial charge in [-0.1, -0.05) is 29.3 Å². The van der Waals surface area contributed by atoms with Crippen molar-refractivity contribution in [3.05, 3.63) is 98.4 Å². The number of halogens is 3. The van der Waals surface area contributed by atoms with Crippen LogP contribution in [0.15, 0.2) is 59.1 Å². The van der Waals surface area contributed by atoms with Crippen LogP contribution in [0.2, 0.25) is 15.3 Å². The van der Waals surface area contributed by atoms with Crippen molar-refractivity contribution in [3.63, 3.8) is 0 Å². The van der Waals surface area contributed by atoms with E-state index in [4.69, 9.17) is 44.0 Å². The average Bonchev–Trinajstić information content (AvgIpc) is 3.43. The van der Waals surface area contributed by atoms with Crippen LogP contribution in [0.4, 0.5) is 0 Å². The van der Waals surface area contributed by atoms with Crippen LogP contribution in [0.1, 0.15) is 46.2 Å². The number of pyridine rings is 1. The monoisotopic (exact) mass is 528 g/mol. The average molecular weight is 530 g/mol. The van der Waals surface area contributed by atoms with Gasteiger partial charge in [0.05, 0.1) is 41.4 Å². The molecule has 5 rings (SSSR count). The Morgan fingerprint density at radius 1 is 1.14 bits per heavy atom. The van der Waals surface area contributed by atoms with E-state index in [1.807, 2.05) is 31.2 Å². The van der Waals surface area contributed by atoms with Crippen molar-refractivity contribution in [1.82, 2.24) is 20.1 Å². The van der Waals surface area contributed by atoms with Gasteiger partial charge in [-0.3, -0.25) is 9.78 Å². The maximum absolute atomic E-state index is 13.4. The quantitative estimate of drug-likeness (QED) is 0.324. The topological polar surface area (TPSA) is 82.2 Å². The van der Waals surface area contributed by atoms with Gasteiger partial charge in [-0.05, 0) is 67.1 Å². The van der Waals surface area contributed by atoms with Gasteiger partial charge in [-0.2, -0.15) is 5.10 Å². The predicted molar refractivity (Wildman–Crippen MR) is 135 cm³/mol. The molecule has 1 amide bonds. The third-order valence-corrected chi connectivity index (χ3v) is 6.28. The number of nitrogens with zero attached hydrogens (tertiary/aromatic N) is 3. The van der Waals surface area contributed by atoms with Crippen molar-refractivity contribution in [3.8, 4) is 5.69 Å². The highest BCUT2D eigenvalue weighted by molar-refractivity contribution is 6.35. The molecule has 1 N–H and O–H groups in total. The molecule has 1 aromatic carbocycles.